The Labute approximate surface area is 254 Å². The molecular formula is C38H42OS2. The number of fused-ring (bicyclic) bond motifs is 4. The molecule has 4 aliphatic rings. The third-order valence-electron chi connectivity index (χ3n) is 12.6. The number of hydrogen-bond donors (Lipinski definition) is 0. The highest BCUT2D eigenvalue weighted by Gasteiger charge is 2.67. The number of ether oxygens (including phenoxy) is 1. The largest absolute Gasteiger partial charge is 0.363 e. The van der Waals surface area contributed by atoms with Gasteiger partial charge in [0.1, 0.15) is 0 Å². The molecule has 4 aromatic rings. The van der Waals surface area contributed by atoms with Crippen molar-refractivity contribution in [2.75, 3.05) is 0 Å². The van der Waals surface area contributed by atoms with Crippen LogP contribution >= 0.6 is 22.7 Å². The maximum absolute atomic E-state index is 8.00. The standard InChI is InChI=1S/C38H42OS2/c1-35(29-11-5-3-6-12-29)23-27-17-19-37(35,25-27)33(31-15-9-21-40-31)39-34(32-16-10-22-41-32)38-20-18-28(26-38)24-36(38,2)30-13-7-4-8-14-30/h3-16,21-22,27-28,33-34H,17-20,23-26H2,1-2H3. The van der Waals surface area contributed by atoms with Crippen LogP contribution in [0.15, 0.2) is 95.7 Å². The third kappa shape index (κ3) is 3.74. The second kappa shape index (κ2) is 9.66. The first kappa shape index (κ1) is 26.4. The first-order valence-corrected chi connectivity index (χ1v) is 17.6. The first-order chi connectivity index (χ1) is 20.0. The Hall–Kier alpha value is -2.20. The van der Waals surface area contributed by atoms with Crippen molar-refractivity contribution in [2.24, 2.45) is 22.7 Å². The fourth-order valence-corrected chi connectivity index (χ4v) is 12.5. The molecule has 0 spiro atoms. The van der Waals surface area contributed by atoms with Gasteiger partial charge in [0, 0.05) is 31.4 Å². The maximum atomic E-state index is 8.00. The minimum atomic E-state index is 0.0985. The molecular weight excluding hydrogens is 537 g/mol. The highest BCUT2D eigenvalue weighted by Crippen LogP contribution is 2.74. The van der Waals surface area contributed by atoms with Crippen LogP contribution < -0.4 is 0 Å². The van der Waals surface area contributed by atoms with Crippen LogP contribution in [0.25, 0.3) is 0 Å². The summed E-state index contributed by atoms with van der Waals surface area (Å²) in [6, 6.07) is 32.2. The summed E-state index contributed by atoms with van der Waals surface area (Å²) in [7, 11) is 0. The molecule has 0 N–H and O–H groups in total. The van der Waals surface area contributed by atoms with Crippen LogP contribution in [-0.2, 0) is 15.6 Å². The summed E-state index contributed by atoms with van der Waals surface area (Å²) in [5.41, 5.74) is 3.45. The predicted octanol–water partition coefficient (Wildman–Crippen LogP) is 10.9. The van der Waals surface area contributed by atoms with Gasteiger partial charge in [0.2, 0.25) is 0 Å². The summed E-state index contributed by atoms with van der Waals surface area (Å²) in [6.07, 6.45) is 10.5. The van der Waals surface area contributed by atoms with Gasteiger partial charge in [-0.3, -0.25) is 0 Å². The van der Waals surface area contributed by atoms with E-state index in [4.69, 9.17) is 4.74 Å². The molecule has 3 heteroatoms. The van der Waals surface area contributed by atoms with Gasteiger partial charge in [0.15, 0.2) is 0 Å². The molecule has 4 saturated carbocycles. The zero-order valence-electron chi connectivity index (χ0n) is 24.4. The van der Waals surface area contributed by atoms with E-state index in [1.54, 1.807) is 0 Å². The van der Waals surface area contributed by atoms with Gasteiger partial charge in [0.05, 0.1) is 12.2 Å². The number of thiophene rings is 2. The average molecular weight is 579 g/mol. The normalized spacial score (nSPS) is 37.0. The fraction of sp³-hybridized carbons (Fsp3) is 0.474. The van der Waals surface area contributed by atoms with Crippen molar-refractivity contribution in [2.45, 2.75) is 88.3 Å². The SMILES string of the molecule is CC1(c2ccccc2)CC2CCC1(C(OC(c1cccs1)C13CCC(CC1(C)c1ccccc1)C3)c1cccs1)C2. The van der Waals surface area contributed by atoms with Crippen LogP contribution in [0.3, 0.4) is 0 Å². The van der Waals surface area contributed by atoms with Crippen molar-refractivity contribution in [1.82, 2.24) is 0 Å². The highest BCUT2D eigenvalue weighted by molar-refractivity contribution is 7.10. The lowest BCUT2D eigenvalue weighted by Gasteiger charge is -2.54. The lowest BCUT2D eigenvalue weighted by atomic mass is 9.56. The van der Waals surface area contributed by atoms with E-state index in [0.717, 1.165) is 11.8 Å². The van der Waals surface area contributed by atoms with Gasteiger partial charge >= 0.3 is 0 Å². The van der Waals surface area contributed by atoms with E-state index < -0.39 is 0 Å². The molecule has 8 rings (SSSR count). The number of hydrogen-bond acceptors (Lipinski definition) is 3. The van der Waals surface area contributed by atoms with Gasteiger partial charge in [-0.1, -0.05) is 86.6 Å². The summed E-state index contributed by atoms with van der Waals surface area (Å²) in [6.45, 7) is 5.16. The maximum Gasteiger partial charge on any atom is 0.0990 e. The van der Waals surface area contributed by atoms with Crippen molar-refractivity contribution < 1.29 is 4.74 Å². The fourth-order valence-electron chi connectivity index (χ4n) is 10.7. The molecule has 0 aliphatic heterocycles. The van der Waals surface area contributed by atoms with E-state index >= 15 is 0 Å². The second-order valence-electron chi connectivity index (χ2n) is 14.3. The zero-order valence-corrected chi connectivity index (χ0v) is 26.1. The summed E-state index contributed by atoms with van der Waals surface area (Å²) in [5, 5.41) is 4.55. The average Bonchev–Trinajstić information content (AvgIpc) is 3.85. The van der Waals surface area contributed by atoms with Crippen LogP contribution in [0.2, 0.25) is 0 Å². The van der Waals surface area contributed by atoms with E-state index in [9.17, 15) is 0 Å². The summed E-state index contributed by atoms with van der Waals surface area (Å²) >= 11 is 3.84. The summed E-state index contributed by atoms with van der Waals surface area (Å²) in [4.78, 5) is 2.86. The van der Waals surface area contributed by atoms with Crippen LogP contribution in [0.1, 0.15) is 98.3 Å². The zero-order chi connectivity index (χ0) is 27.7. The molecule has 2 aromatic carbocycles. The molecule has 0 amide bonds. The topological polar surface area (TPSA) is 9.23 Å². The number of benzene rings is 2. The molecule has 41 heavy (non-hydrogen) atoms. The Morgan fingerprint density at radius 2 is 1.02 bits per heavy atom. The molecule has 2 aromatic heterocycles. The van der Waals surface area contributed by atoms with Crippen molar-refractivity contribution in [1.29, 1.82) is 0 Å². The van der Waals surface area contributed by atoms with Gasteiger partial charge in [0.25, 0.3) is 0 Å². The monoisotopic (exact) mass is 578 g/mol. The van der Waals surface area contributed by atoms with Crippen molar-refractivity contribution in [3.63, 3.8) is 0 Å². The Morgan fingerprint density at radius 3 is 1.39 bits per heavy atom. The molecule has 0 radical (unpaired) electrons. The smallest absolute Gasteiger partial charge is 0.0990 e. The quantitative estimate of drug-likeness (QED) is 0.202. The molecule has 4 fully saturated rings. The Morgan fingerprint density at radius 1 is 0.585 bits per heavy atom. The van der Waals surface area contributed by atoms with E-state index in [0.29, 0.717) is 0 Å². The highest BCUT2D eigenvalue weighted by atomic mass is 32.1. The molecule has 4 aliphatic carbocycles. The Bertz CT molecular complexity index is 1370. The van der Waals surface area contributed by atoms with E-state index in [-0.39, 0.29) is 33.9 Å². The van der Waals surface area contributed by atoms with Crippen molar-refractivity contribution >= 4 is 22.7 Å². The minimum absolute atomic E-state index is 0.0985. The van der Waals surface area contributed by atoms with Crippen LogP contribution in [0, 0.1) is 22.7 Å². The number of rotatable bonds is 8. The van der Waals surface area contributed by atoms with E-state index in [2.05, 4.69) is 110 Å². The summed E-state index contributed by atoms with van der Waals surface area (Å²) in [5.74, 6) is 1.59. The first-order valence-electron chi connectivity index (χ1n) is 15.8. The van der Waals surface area contributed by atoms with Crippen molar-refractivity contribution in [3.05, 3.63) is 117 Å². The van der Waals surface area contributed by atoms with Gasteiger partial charge in [-0.25, -0.2) is 0 Å². The van der Waals surface area contributed by atoms with Crippen molar-refractivity contribution in [3.8, 4) is 0 Å². The third-order valence-corrected chi connectivity index (χ3v) is 14.4. The van der Waals surface area contributed by atoms with E-state index in [1.807, 2.05) is 22.7 Å². The van der Waals surface area contributed by atoms with Gasteiger partial charge in [-0.2, -0.15) is 0 Å². The Balaban J connectivity index is 1.29. The molecule has 8 atom stereocenters. The minimum Gasteiger partial charge on any atom is -0.363 e. The van der Waals surface area contributed by atoms with Crippen LogP contribution in [0.4, 0.5) is 0 Å². The second-order valence-corrected chi connectivity index (χ2v) is 16.2. The molecule has 0 saturated heterocycles. The molecule has 2 heterocycles. The Kier molecular flexibility index (Phi) is 6.23. The molecule has 1 nitrogen and oxygen atoms in total. The lowest BCUT2D eigenvalue weighted by Crippen LogP contribution is -2.48. The van der Waals surface area contributed by atoms with Gasteiger partial charge in [-0.05, 0) is 97.2 Å². The predicted molar refractivity (Wildman–Crippen MR) is 172 cm³/mol. The molecule has 212 valence electrons. The van der Waals surface area contributed by atoms with E-state index in [1.165, 1.54) is 72.2 Å². The van der Waals surface area contributed by atoms with Gasteiger partial charge < -0.3 is 4.74 Å². The summed E-state index contributed by atoms with van der Waals surface area (Å²) < 4.78 is 8.00. The lowest BCUT2D eigenvalue weighted by molar-refractivity contribution is -0.160. The molecule has 8 unspecified atom stereocenters. The van der Waals surface area contributed by atoms with Crippen LogP contribution in [0.5, 0.6) is 0 Å². The van der Waals surface area contributed by atoms with Gasteiger partial charge in [-0.15, -0.1) is 22.7 Å². The van der Waals surface area contributed by atoms with Crippen LogP contribution in [-0.4, -0.2) is 0 Å². The molecule has 4 bridgehead atoms.